The van der Waals surface area contributed by atoms with Crippen LogP contribution in [0.3, 0.4) is 0 Å². The third-order valence-electron chi connectivity index (χ3n) is 1.17. The number of carbonyl (C=O) groups excluding carboxylic acids is 1. The maximum atomic E-state index is 10.9. The van der Waals surface area contributed by atoms with Gasteiger partial charge in [-0.25, -0.2) is 4.79 Å². The molecule has 1 aromatic rings. The van der Waals surface area contributed by atoms with E-state index in [4.69, 9.17) is 0 Å². The Morgan fingerprint density at radius 1 is 1.25 bits per heavy atom. The van der Waals surface area contributed by atoms with E-state index in [2.05, 4.69) is 9.78 Å². The summed E-state index contributed by atoms with van der Waals surface area (Å²) in [7, 11) is 1.29. The van der Waals surface area contributed by atoms with E-state index in [1.165, 1.54) is 7.11 Å². The second-order valence-corrected chi connectivity index (χ2v) is 1.90. The van der Waals surface area contributed by atoms with E-state index in [1.807, 2.05) is 6.07 Å². The zero-order valence-electron chi connectivity index (χ0n) is 6.52. The van der Waals surface area contributed by atoms with Gasteiger partial charge in [0.15, 0.2) is 0 Å². The van der Waals surface area contributed by atoms with Crippen LogP contribution in [0.5, 0.6) is 0 Å². The van der Waals surface area contributed by atoms with Crippen molar-refractivity contribution in [1.29, 1.82) is 0 Å². The predicted octanol–water partition coefficient (Wildman–Crippen LogP) is 1.83. The normalized spacial score (nSPS) is 8.42. The van der Waals surface area contributed by atoms with Crippen molar-refractivity contribution in [2.75, 3.05) is 7.11 Å². The molecule has 4 heteroatoms. The molecule has 0 saturated heterocycles. The first kappa shape index (κ1) is 10.9. The van der Waals surface area contributed by atoms with E-state index in [-0.39, 0.29) is 12.4 Å². The number of carbonyl (C=O) groups is 1. The third-order valence-corrected chi connectivity index (χ3v) is 1.17. The maximum Gasteiger partial charge on any atom is 0.373 e. The molecule has 3 nitrogen and oxygen atoms in total. The lowest BCUT2D eigenvalue weighted by atomic mass is 10.2. The molecule has 0 atom stereocenters. The summed E-state index contributed by atoms with van der Waals surface area (Å²) in [5, 5.41) is 0. The molecule has 66 valence electrons. The summed E-state index contributed by atoms with van der Waals surface area (Å²) in [4.78, 5) is 19.4. The predicted molar refractivity (Wildman–Crippen MR) is 46.1 cm³/mol. The second kappa shape index (κ2) is 5.57. The highest BCUT2D eigenvalue weighted by Gasteiger charge is 2.04. The minimum atomic E-state index is -0.479. The van der Waals surface area contributed by atoms with Crippen LogP contribution in [0.25, 0.3) is 0 Å². The fraction of sp³-hybridized carbons (Fsp3) is 0.125. The molecule has 0 saturated carbocycles. The zero-order valence-corrected chi connectivity index (χ0v) is 7.34. The lowest BCUT2D eigenvalue weighted by Gasteiger charge is -1.97. The summed E-state index contributed by atoms with van der Waals surface area (Å²) in [5.41, 5.74) is 0.481. The summed E-state index contributed by atoms with van der Waals surface area (Å²) >= 11 is 0. The number of benzene rings is 1. The quantitative estimate of drug-likeness (QED) is 0.525. The summed E-state index contributed by atoms with van der Waals surface area (Å²) in [6, 6.07) is 8.64. The van der Waals surface area contributed by atoms with E-state index in [0.29, 0.717) is 5.56 Å². The van der Waals surface area contributed by atoms with Crippen LogP contribution in [0, 0.1) is 0 Å². The van der Waals surface area contributed by atoms with E-state index >= 15 is 0 Å². The van der Waals surface area contributed by atoms with Gasteiger partial charge in [-0.1, -0.05) is 18.2 Å². The van der Waals surface area contributed by atoms with Crippen LogP contribution in [0.2, 0.25) is 0 Å². The molecule has 12 heavy (non-hydrogen) atoms. The van der Waals surface area contributed by atoms with Gasteiger partial charge in [-0.3, -0.25) is 4.89 Å². The van der Waals surface area contributed by atoms with Crippen LogP contribution in [-0.2, 0) is 9.78 Å². The van der Waals surface area contributed by atoms with E-state index in [0.717, 1.165) is 0 Å². The monoisotopic (exact) mass is 188 g/mol. The average molecular weight is 189 g/mol. The first-order chi connectivity index (χ1) is 5.34. The van der Waals surface area contributed by atoms with Crippen molar-refractivity contribution in [3.63, 3.8) is 0 Å². The molecule has 1 aromatic carbocycles. The van der Waals surface area contributed by atoms with Gasteiger partial charge in [0.2, 0.25) is 0 Å². The van der Waals surface area contributed by atoms with Gasteiger partial charge in [0.25, 0.3) is 0 Å². The average Bonchev–Trinajstić information content (AvgIpc) is 2.07. The number of rotatable bonds is 2. The van der Waals surface area contributed by atoms with Crippen LogP contribution in [0.1, 0.15) is 10.4 Å². The Morgan fingerprint density at radius 3 is 2.33 bits per heavy atom. The van der Waals surface area contributed by atoms with Gasteiger partial charge in [0.1, 0.15) is 0 Å². The van der Waals surface area contributed by atoms with Crippen molar-refractivity contribution in [1.82, 2.24) is 0 Å². The van der Waals surface area contributed by atoms with Gasteiger partial charge in [-0.15, -0.1) is 12.4 Å². The van der Waals surface area contributed by atoms with Gasteiger partial charge >= 0.3 is 5.97 Å². The molecule has 0 amide bonds. The third kappa shape index (κ3) is 2.90. The molecule has 0 spiro atoms. The summed E-state index contributed by atoms with van der Waals surface area (Å²) in [6.07, 6.45) is 0. The summed E-state index contributed by atoms with van der Waals surface area (Å²) < 4.78 is 0. The minimum absolute atomic E-state index is 0. The number of halogens is 1. The van der Waals surface area contributed by atoms with Crippen LogP contribution in [0.4, 0.5) is 0 Å². The zero-order chi connectivity index (χ0) is 8.10. The standard InChI is InChI=1S/C8H8O3.ClH/c1-10-11-8(9)7-5-3-2-4-6-7;/h2-6H,1H3;1H. The van der Waals surface area contributed by atoms with E-state index in [9.17, 15) is 4.79 Å². The Balaban J connectivity index is 0.00000121. The Hall–Kier alpha value is -1.06. The fourth-order valence-corrected chi connectivity index (χ4v) is 0.698. The Kier molecular flexibility index (Phi) is 5.08. The van der Waals surface area contributed by atoms with Crippen molar-refractivity contribution in [2.24, 2.45) is 0 Å². The maximum absolute atomic E-state index is 10.9. The Morgan fingerprint density at radius 2 is 1.83 bits per heavy atom. The number of hydrogen-bond donors (Lipinski definition) is 0. The SMILES string of the molecule is COOC(=O)c1ccccc1.Cl. The van der Waals surface area contributed by atoms with Crippen molar-refractivity contribution in [3.05, 3.63) is 35.9 Å². The molecule has 0 N–H and O–H groups in total. The molecule has 0 bridgehead atoms. The lowest BCUT2D eigenvalue weighted by Crippen LogP contribution is -2.02. The molecule has 0 fully saturated rings. The molecule has 0 aliphatic rings. The van der Waals surface area contributed by atoms with Gasteiger partial charge < -0.3 is 0 Å². The summed E-state index contributed by atoms with van der Waals surface area (Å²) in [5.74, 6) is -0.479. The molecule has 0 aliphatic heterocycles. The molecule has 1 rings (SSSR count). The molecule has 0 aliphatic carbocycles. The van der Waals surface area contributed by atoms with Crippen LogP contribution in [0.15, 0.2) is 30.3 Å². The van der Waals surface area contributed by atoms with Crippen LogP contribution in [-0.4, -0.2) is 13.1 Å². The van der Waals surface area contributed by atoms with Gasteiger partial charge in [-0.2, -0.15) is 4.89 Å². The van der Waals surface area contributed by atoms with Crippen molar-refractivity contribution >= 4 is 18.4 Å². The van der Waals surface area contributed by atoms with Gasteiger partial charge in [-0.05, 0) is 12.1 Å². The van der Waals surface area contributed by atoms with E-state index in [1.54, 1.807) is 24.3 Å². The topological polar surface area (TPSA) is 35.5 Å². The van der Waals surface area contributed by atoms with Gasteiger partial charge in [0, 0.05) is 0 Å². The first-order valence-corrected chi connectivity index (χ1v) is 3.14. The molecular formula is C8H9ClO3. The first-order valence-electron chi connectivity index (χ1n) is 3.14. The number of hydrogen-bond acceptors (Lipinski definition) is 3. The van der Waals surface area contributed by atoms with Crippen LogP contribution >= 0.6 is 12.4 Å². The highest BCUT2D eigenvalue weighted by molar-refractivity contribution is 5.88. The largest absolute Gasteiger partial charge is 0.373 e. The fourth-order valence-electron chi connectivity index (χ4n) is 0.698. The second-order valence-electron chi connectivity index (χ2n) is 1.90. The van der Waals surface area contributed by atoms with Gasteiger partial charge in [0.05, 0.1) is 12.7 Å². The highest BCUT2D eigenvalue weighted by atomic mass is 35.5. The smallest absolute Gasteiger partial charge is 0.293 e. The molecular weight excluding hydrogens is 180 g/mol. The Labute approximate surface area is 76.6 Å². The highest BCUT2D eigenvalue weighted by Crippen LogP contribution is 2.00. The molecule has 0 heterocycles. The Bertz CT molecular complexity index is 235. The minimum Gasteiger partial charge on any atom is -0.293 e. The molecule has 0 aromatic heterocycles. The molecule has 0 unspecified atom stereocenters. The van der Waals surface area contributed by atoms with Crippen molar-refractivity contribution < 1.29 is 14.6 Å². The van der Waals surface area contributed by atoms with Crippen molar-refractivity contribution in [2.45, 2.75) is 0 Å². The summed E-state index contributed by atoms with van der Waals surface area (Å²) in [6.45, 7) is 0. The van der Waals surface area contributed by atoms with Crippen molar-refractivity contribution in [3.8, 4) is 0 Å². The molecule has 0 radical (unpaired) electrons. The van der Waals surface area contributed by atoms with E-state index < -0.39 is 5.97 Å². The van der Waals surface area contributed by atoms with Crippen LogP contribution < -0.4 is 0 Å². The lowest BCUT2D eigenvalue weighted by molar-refractivity contribution is -0.216.